The largest absolute Gasteiger partial charge is 0.251 e. The predicted octanol–water partition coefficient (Wildman–Crippen LogP) is 6.14. The van der Waals surface area contributed by atoms with E-state index in [0.29, 0.717) is 24.2 Å². The summed E-state index contributed by atoms with van der Waals surface area (Å²) in [5.74, 6) is -0.697. The van der Waals surface area contributed by atoms with Crippen molar-refractivity contribution >= 4 is 0 Å². The fourth-order valence-electron chi connectivity index (χ4n) is 3.57. The maximum atomic E-state index is 13.2. The van der Waals surface area contributed by atoms with Crippen molar-refractivity contribution in [3.05, 3.63) is 23.3 Å². The summed E-state index contributed by atoms with van der Waals surface area (Å²) in [7, 11) is 0. The Morgan fingerprint density at radius 3 is 2.55 bits per heavy atom. The third-order valence-electron chi connectivity index (χ3n) is 4.96. The molecule has 2 atom stereocenters. The van der Waals surface area contributed by atoms with Gasteiger partial charge in [-0.15, -0.1) is 0 Å². The number of halogens is 2. The Kier molecular flexibility index (Phi) is 5.04. The SMILES string of the molecule is CC(C)C1=CC(CC(C)C2=CCC(F)(F)CC2)CCC1. The molecule has 2 heteroatoms. The fraction of sp³-hybridized carbons (Fsp3) is 0.778. The molecular weight excluding hydrogens is 254 g/mol. The summed E-state index contributed by atoms with van der Waals surface area (Å²) in [6, 6.07) is 0. The number of hydrogen-bond acceptors (Lipinski definition) is 0. The van der Waals surface area contributed by atoms with E-state index < -0.39 is 5.92 Å². The molecule has 0 heterocycles. The second-order valence-corrected chi connectivity index (χ2v) is 7.02. The number of allylic oxidation sites excluding steroid dienone is 4. The van der Waals surface area contributed by atoms with Crippen molar-refractivity contribution in [1.29, 1.82) is 0 Å². The van der Waals surface area contributed by atoms with Gasteiger partial charge in [-0.3, -0.25) is 0 Å². The smallest absolute Gasteiger partial charge is 0.207 e. The molecule has 0 amide bonds. The van der Waals surface area contributed by atoms with Crippen LogP contribution in [-0.2, 0) is 0 Å². The first-order chi connectivity index (χ1) is 9.37. The summed E-state index contributed by atoms with van der Waals surface area (Å²) in [6.45, 7) is 6.75. The summed E-state index contributed by atoms with van der Waals surface area (Å²) in [5.41, 5.74) is 2.86. The van der Waals surface area contributed by atoms with Crippen molar-refractivity contribution in [2.24, 2.45) is 17.8 Å². The molecule has 114 valence electrons. The highest BCUT2D eigenvalue weighted by Gasteiger charge is 2.32. The number of alkyl halides is 2. The van der Waals surface area contributed by atoms with Crippen LogP contribution in [0.25, 0.3) is 0 Å². The molecule has 2 unspecified atom stereocenters. The highest BCUT2D eigenvalue weighted by molar-refractivity contribution is 5.14. The summed E-state index contributed by atoms with van der Waals surface area (Å²) >= 11 is 0. The maximum Gasteiger partial charge on any atom is 0.251 e. The van der Waals surface area contributed by atoms with Gasteiger partial charge < -0.3 is 0 Å². The average Bonchev–Trinajstić information content (AvgIpc) is 2.38. The monoisotopic (exact) mass is 282 g/mol. The molecule has 0 nitrogen and oxygen atoms in total. The molecular formula is C18H28F2. The quantitative estimate of drug-likeness (QED) is 0.543. The normalized spacial score (nSPS) is 28.0. The summed E-state index contributed by atoms with van der Waals surface area (Å²) < 4.78 is 26.4. The first kappa shape index (κ1) is 15.7. The van der Waals surface area contributed by atoms with E-state index in [9.17, 15) is 8.78 Å². The molecule has 0 aromatic rings. The highest BCUT2D eigenvalue weighted by Crippen LogP contribution is 2.38. The van der Waals surface area contributed by atoms with Gasteiger partial charge in [-0.05, 0) is 49.9 Å². The maximum absolute atomic E-state index is 13.2. The minimum Gasteiger partial charge on any atom is -0.207 e. The topological polar surface area (TPSA) is 0 Å². The Balaban J connectivity index is 1.93. The third-order valence-corrected chi connectivity index (χ3v) is 4.96. The van der Waals surface area contributed by atoms with Crippen molar-refractivity contribution in [2.45, 2.75) is 71.6 Å². The minimum atomic E-state index is -2.46. The lowest BCUT2D eigenvalue weighted by atomic mass is 9.78. The van der Waals surface area contributed by atoms with Gasteiger partial charge >= 0.3 is 0 Å². The molecule has 0 bridgehead atoms. The van der Waals surface area contributed by atoms with E-state index in [-0.39, 0.29) is 12.8 Å². The second kappa shape index (κ2) is 6.41. The molecule has 0 aromatic carbocycles. The van der Waals surface area contributed by atoms with E-state index in [4.69, 9.17) is 0 Å². The van der Waals surface area contributed by atoms with Crippen LogP contribution in [0.3, 0.4) is 0 Å². The van der Waals surface area contributed by atoms with Crippen molar-refractivity contribution in [2.75, 3.05) is 0 Å². The van der Waals surface area contributed by atoms with Crippen LogP contribution in [0.4, 0.5) is 8.78 Å². The summed E-state index contributed by atoms with van der Waals surface area (Å²) in [6.07, 6.45) is 9.80. The third kappa shape index (κ3) is 4.17. The van der Waals surface area contributed by atoms with Crippen LogP contribution < -0.4 is 0 Å². The van der Waals surface area contributed by atoms with E-state index in [1.807, 2.05) is 6.08 Å². The molecule has 0 aliphatic heterocycles. The van der Waals surface area contributed by atoms with Crippen molar-refractivity contribution in [1.82, 2.24) is 0 Å². The van der Waals surface area contributed by atoms with Crippen LogP contribution >= 0.6 is 0 Å². The van der Waals surface area contributed by atoms with Gasteiger partial charge in [0.25, 0.3) is 5.92 Å². The first-order valence-electron chi connectivity index (χ1n) is 8.15. The fourth-order valence-corrected chi connectivity index (χ4v) is 3.57. The Morgan fingerprint density at radius 2 is 1.95 bits per heavy atom. The van der Waals surface area contributed by atoms with Gasteiger partial charge in [-0.25, -0.2) is 8.78 Å². The van der Waals surface area contributed by atoms with E-state index in [0.717, 1.165) is 6.42 Å². The molecule has 0 fully saturated rings. The van der Waals surface area contributed by atoms with Gasteiger partial charge in [0.05, 0.1) is 0 Å². The van der Waals surface area contributed by atoms with Crippen LogP contribution in [0.5, 0.6) is 0 Å². The lowest BCUT2D eigenvalue weighted by molar-refractivity contribution is -0.00970. The van der Waals surface area contributed by atoms with Crippen molar-refractivity contribution in [3.63, 3.8) is 0 Å². The lowest BCUT2D eigenvalue weighted by Gasteiger charge is -2.29. The lowest BCUT2D eigenvalue weighted by Crippen LogP contribution is -2.21. The van der Waals surface area contributed by atoms with Crippen molar-refractivity contribution in [3.8, 4) is 0 Å². The first-order valence-corrected chi connectivity index (χ1v) is 8.15. The molecule has 0 saturated carbocycles. The van der Waals surface area contributed by atoms with Gasteiger partial charge in [-0.2, -0.15) is 0 Å². The molecule has 20 heavy (non-hydrogen) atoms. The number of hydrogen-bond donors (Lipinski definition) is 0. The Labute approximate surface area is 122 Å². The minimum absolute atomic E-state index is 0.0426. The van der Waals surface area contributed by atoms with E-state index in [2.05, 4.69) is 26.8 Å². The molecule has 2 rings (SSSR count). The zero-order chi connectivity index (χ0) is 14.8. The summed E-state index contributed by atoms with van der Waals surface area (Å²) in [5, 5.41) is 0. The van der Waals surface area contributed by atoms with E-state index in [1.54, 1.807) is 5.57 Å². The average molecular weight is 282 g/mol. The highest BCUT2D eigenvalue weighted by atomic mass is 19.3. The molecule has 2 aliphatic rings. The molecule has 0 aromatic heterocycles. The van der Waals surface area contributed by atoms with Crippen LogP contribution in [0, 0.1) is 17.8 Å². The van der Waals surface area contributed by atoms with Gasteiger partial charge in [0.2, 0.25) is 0 Å². The van der Waals surface area contributed by atoms with Crippen LogP contribution in [0.15, 0.2) is 23.3 Å². The second-order valence-electron chi connectivity index (χ2n) is 7.02. The van der Waals surface area contributed by atoms with Gasteiger partial charge in [0.15, 0.2) is 0 Å². The Bertz CT molecular complexity index is 390. The number of rotatable bonds is 4. The van der Waals surface area contributed by atoms with E-state index >= 15 is 0 Å². The molecule has 0 spiro atoms. The van der Waals surface area contributed by atoms with Crippen LogP contribution in [-0.4, -0.2) is 5.92 Å². The molecule has 0 N–H and O–H groups in total. The molecule has 2 aliphatic carbocycles. The van der Waals surface area contributed by atoms with Gasteiger partial charge in [0.1, 0.15) is 0 Å². The predicted molar refractivity (Wildman–Crippen MR) is 80.9 cm³/mol. The van der Waals surface area contributed by atoms with Gasteiger partial charge in [-0.1, -0.05) is 44.1 Å². The Hall–Kier alpha value is -0.660. The van der Waals surface area contributed by atoms with Crippen molar-refractivity contribution < 1.29 is 8.78 Å². The van der Waals surface area contributed by atoms with Gasteiger partial charge in [0, 0.05) is 12.8 Å². The molecule has 0 radical (unpaired) electrons. The molecule has 0 saturated heterocycles. The zero-order valence-electron chi connectivity index (χ0n) is 13.1. The van der Waals surface area contributed by atoms with Crippen LogP contribution in [0.2, 0.25) is 0 Å². The summed E-state index contributed by atoms with van der Waals surface area (Å²) in [4.78, 5) is 0. The Morgan fingerprint density at radius 1 is 1.20 bits per heavy atom. The standard InChI is InChI=1S/C18H28F2/c1-13(2)17-6-4-5-15(12-17)11-14(3)16-7-9-18(19,20)10-8-16/h7,12-15H,4-6,8-11H2,1-3H3. The van der Waals surface area contributed by atoms with E-state index in [1.165, 1.54) is 24.8 Å². The van der Waals surface area contributed by atoms with Crippen LogP contribution in [0.1, 0.15) is 65.7 Å². The zero-order valence-corrected chi connectivity index (χ0v) is 13.1.